The zero-order chi connectivity index (χ0) is 11.8. The van der Waals surface area contributed by atoms with Crippen LogP contribution >= 0.6 is 11.8 Å². The summed E-state index contributed by atoms with van der Waals surface area (Å²) >= 11 is 1.75. The maximum atomic E-state index is 11.0. The highest BCUT2D eigenvalue weighted by Crippen LogP contribution is 2.61. The molecule has 3 atom stereocenters. The van der Waals surface area contributed by atoms with Crippen LogP contribution in [0.3, 0.4) is 0 Å². The molecule has 2 bridgehead atoms. The van der Waals surface area contributed by atoms with E-state index in [1.807, 2.05) is 0 Å². The minimum atomic E-state index is -0.0912. The Kier molecular flexibility index (Phi) is 3.53. The van der Waals surface area contributed by atoms with E-state index in [1.54, 1.807) is 11.8 Å². The summed E-state index contributed by atoms with van der Waals surface area (Å²) in [5.41, 5.74) is 0.564. The molecule has 0 saturated heterocycles. The van der Waals surface area contributed by atoms with Crippen molar-refractivity contribution in [2.24, 2.45) is 23.2 Å². The highest BCUT2D eigenvalue weighted by molar-refractivity contribution is 7.99. The average Bonchev–Trinajstić information content (AvgIpc) is 2.28. The second kappa shape index (κ2) is 4.59. The van der Waals surface area contributed by atoms with Crippen molar-refractivity contribution in [2.45, 2.75) is 33.1 Å². The topological polar surface area (TPSA) is 26.3 Å². The van der Waals surface area contributed by atoms with Gasteiger partial charge in [0.1, 0.15) is 0 Å². The van der Waals surface area contributed by atoms with Crippen LogP contribution in [0.1, 0.15) is 33.1 Å². The lowest BCUT2D eigenvalue weighted by Crippen LogP contribution is -2.52. The average molecular weight is 242 g/mol. The molecule has 3 aliphatic carbocycles. The van der Waals surface area contributed by atoms with Gasteiger partial charge in [0.05, 0.1) is 12.9 Å². The molecular weight excluding hydrogens is 220 g/mol. The summed E-state index contributed by atoms with van der Waals surface area (Å²) in [7, 11) is 1.46. The third-order valence-corrected chi connectivity index (χ3v) is 5.88. The Morgan fingerprint density at radius 3 is 2.75 bits per heavy atom. The fourth-order valence-electron chi connectivity index (χ4n) is 3.51. The first-order valence-electron chi connectivity index (χ1n) is 6.20. The van der Waals surface area contributed by atoms with Gasteiger partial charge in [-0.2, -0.15) is 0 Å². The van der Waals surface area contributed by atoms with Crippen LogP contribution in [0.15, 0.2) is 0 Å². The van der Waals surface area contributed by atoms with Gasteiger partial charge in [-0.25, -0.2) is 0 Å². The van der Waals surface area contributed by atoms with Gasteiger partial charge in [0.2, 0.25) is 0 Å². The number of thioether (sulfide) groups is 1. The van der Waals surface area contributed by atoms with Crippen molar-refractivity contribution in [1.29, 1.82) is 0 Å². The highest BCUT2D eigenvalue weighted by atomic mass is 32.2. The van der Waals surface area contributed by atoms with Gasteiger partial charge < -0.3 is 4.74 Å². The van der Waals surface area contributed by atoms with Crippen LogP contribution in [0, 0.1) is 23.2 Å². The summed E-state index contributed by atoms with van der Waals surface area (Å²) < 4.78 is 4.66. The Hall–Kier alpha value is -0.180. The van der Waals surface area contributed by atoms with Gasteiger partial charge in [0.15, 0.2) is 0 Å². The van der Waals surface area contributed by atoms with Gasteiger partial charge in [-0.05, 0) is 48.2 Å². The predicted molar refractivity (Wildman–Crippen MR) is 67.4 cm³/mol. The van der Waals surface area contributed by atoms with Crippen LogP contribution in [0.5, 0.6) is 0 Å². The summed E-state index contributed by atoms with van der Waals surface area (Å²) in [5, 5.41) is 0. The molecule has 0 spiro atoms. The number of carbonyl (C=O) groups excluding carboxylic acids is 1. The van der Waals surface area contributed by atoms with Gasteiger partial charge in [0.25, 0.3) is 0 Å². The second-order valence-electron chi connectivity index (χ2n) is 5.79. The molecule has 3 aliphatic rings. The lowest BCUT2D eigenvalue weighted by molar-refractivity contribution is -0.137. The van der Waals surface area contributed by atoms with Crippen molar-refractivity contribution in [3.05, 3.63) is 0 Å². The number of carbonyl (C=O) groups is 1. The Balaban J connectivity index is 1.76. The first-order chi connectivity index (χ1) is 7.55. The van der Waals surface area contributed by atoms with E-state index in [-0.39, 0.29) is 5.97 Å². The van der Waals surface area contributed by atoms with E-state index in [1.165, 1.54) is 26.4 Å². The van der Waals surface area contributed by atoms with Crippen LogP contribution in [0.2, 0.25) is 0 Å². The molecule has 3 rings (SSSR count). The van der Waals surface area contributed by atoms with Crippen LogP contribution in [0.25, 0.3) is 0 Å². The number of rotatable bonds is 4. The zero-order valence-corrected chi connectivity index (χ0v) is 11.3. The SMILES string of the molecule is COC(=O)CSCC1CC[C@H]2C[C@@H]1C2(C)C. The quantitative estimate of drug-likeness (QED) is 0.709. The van der Waals surface area contributed by atoms with E-state index in [0.29, 0.717) is 11.2 Å². The Bertz CT molecular complexity index is 273. The maximum Gasteiger partial charge on any atom is 0.315 e. The summed E-state index contributed by atoms with van der Waals surface area (Å²) in [5.74, 6) is 4.26. The minimum Gasteiger partial charge on any atom is -0.468 e. The van der Waals surface area contributed by atoms with Crippen molar-refractivity contribution in [3.63, 3.8) is 0 Å². The van der Waals surface area contributed by atoms with Crippen LogP contribution in [-0.4, -0.2) is 24.6 Å². The molecule has 92 valence electrons. The van der Waals surface area contributed by atoms with E-state index < -0.39 is 0 Å². The fourth-order valence-corrected chi connectivity index (χ4v) is 4.62. The third kappa shape index (κ3) is 2.11. The predicted octanol–water partition coefficient (Wildman–Crippen LogP) is 2.96. The summed E-state index contributed by atoms with van der Waals surface area (Å²) in [6.07, 6.45) is 4.19. The zero-order valence-electron chi connectivity index (χ0n) is 10.5. The number of methoxy groups -OCH3 is 1. The summed E-state index contributed by atoms with van der Waals surface area (Å²) in [4.78, 5) is 11.0. The van der Waals surface area contributed by atoms with Crippen molar-refractivity contribution in [2.75, 3.05) is 18.6 Å². The molecule has 16 heavy (non-hydrogen) atoms. The molecule has 0 aliphatic heterocycles. The van der Waals surface area contributed by atoms with Gasteiger partial charge in [-0.3, -0.25) is 4.79 Å². The smallest absolute Gasteiger partial charge is 0.315 e. The Morgan fingerprint density at radius 1 is 1.44 bits per heavy atom. The van der Waals surface area contributed by atoms with Crippen LogP contribution in [-0.2, 0) is 9.53 Å². The Labute approximate surface area is 103 Å². The molecule has 1 unspecified atom stereocenters. The summed E-state index contributed by atoms with van der Waals surface area (Å²) in [6.45, 7) is 4.84. The third-order valence-electron chi connectivity index (χ3n) is 4.78. The first-order valence-corrected chi connectivity index (χ1v) is 7.35. The maximum absolute atomic E-state index is 11.0. The molecule has 3 heteroatoms. The molecule has 0 aromatic carbocycles. The lowest BCUT2D eigenvalue weighted by atomic mass is 9.46. The standard InChI is InChI=1S/C13H22O2S/c1-13(2)10-5-4-9(11(13)6-10)7-16-8-12(14)15-3/h9-11H,4-8H2,1-3H3/t9?,10-,11-/m0/s1. The number of hydrogen-bond donors (Lipinski definition) is 0. The minimum absolute atomic E-state index is 0.0912. The van der Waals surface area contributed by atoms with Crippen molar-refractivity contribution in [3.8, 4) is 0 Å². The van der Waals surface area contributed by atoms with Gasteiger partial charge >= 0.3 is 5.97 Å². The molecule has 0 amide bonds. The number of fused-ring (bicyclic) bond motifs is 2. The van der Waals surface area contributed by atoms with E-state index in [0.717, 1.165) is 23.5 Å². The molecule has 3 saturated carbocycles. The van der Waals surface area contributed by atoms with Crippen molar-refractivity contribution < 1.29 is 9.53 Å². The first kappa shape index (κ1) is 12.3. The number of ether oxygens (including phenoxy) is 1. The molecule has 3 fully saturated rings. The second-order valence-corrected chi connectivity index (χ2v) is 6.82. The van der Waals surface area contributed by atoms with Crippen LogP contribution in [0.4, 0.5) is 0 Å². The fraction of sp³-hybridized carbons (Fsp3) is 0.923. The van der Waals surface area contributed by atoms with Gasteiger partial charge in [-0.15, -0.1) is 11.8 Å². The monoisotopic (exact) mass is 242 g/mol. The molecular formula is C13H22O2S. The van der Waals surface area contributed by atoms with E-state index in [2.05, 4.69) is 18.6 Å². The summed E-state index contributed by atoms with van der Waals surface area (Å²) in [6, 6.07) is 0. The van der Waals surface area contributed by atoms with Gasteiger partial charge in [-0.1, -0.05) is 13.8 Å². The van der Waals surface area contributed by atoms with Crippen LogP contribution < -0.4 is 0 Å². The van der Waals surface area contributed by atoms with Gasteiger partial charge in [0, 0.05) is 0 Å². The highest BCUT2D eigenvalue weighted by Gasteiger charge is 2.53. The normalized spacial score (nSPS) is 35.3. The van der Waals surface area contributed by atoms with E-state index in [4.69, 9.17) is 0 Å². The Morgan fingerprint density at radius 2 is 2.19 bits per heavy atom. The number of esters is 1. The number of hydrogen-bond acceptors (Lipinski definition) is 3. The van der Waals surface area contributed by atoms with E-state index >= 15 is 0 Å². The molecule has 0 aromatic rings. The molecule has 0 aromatic heterocycles. The largest absolute Gasteiger partial charge is 0.468 e. The lowest BCUT2D eigenvalue weighted by Gasteiger charge is -2.60. The molecule has 0 N–H and O–H groups in total. The molecule has 0 radical (unpaired) electrons. The molecule has 0 heterocycles. The van der Waals surface area contributed by atoms with Crippen molar-refractivity contribution >= 4 is 17.7 Å². The molecule has 2 nitrogen and oxygen atoms in total. The van der Waals surface area contributed by atoms with Crippen molar-refractivity contribution in [1.82, 2.24) is 0 Å². The van der Waals surface area contributed by atoms with E-state index in [9.17, 15) is 4.79 Å².